The molecule has 0 saturated heterocycles. The van der Waals surface area contributed by atoms with Crippen LogP contribution in [0.5, 0.6) is 0 Å². The highest BCUT2D eigenvalue weighted by Gasteiger charge is 2.10. The van der Waals surface area contributed by atoms with Gasteiger partial charge >= 0.3 is 5.97 Å². The molecule has 3 N–H and O–H groups in total. The number of fused-ring (bicyclic) bond motifs is 1. The van der Waals surface area contributed by atoms with Gasteiger partial charge in [-0.25, -0.2) is 0 Å². The number of benzene rings is 1. The molecule has 0 unspecified atom stereocenters. The summed E-state index contributed by atoms with van der Waals surface area (Å²) in [6.07, 6.45) is 1.18. The van der Waals surface area contributed by atoms with E-state index < -0.39 is 5.97 Å². The third-order valence-electron chi connectivity index (χ3n) is 3.10. The molecule has 0 aliphatic rings. The number of unbranched alkanes of at least 4 members (excludes halogenated alkanes) is 1. The molecule has 0 aliphatic carbocycles. The second-order valence-corrected chi connectivity index (χ2v) is 4.70. The van der Waals surface area contributed by atoms with Crippen LogP contribution in [0.2, 0.25) is 0 Å². The summed E-state index contributed by atoms with van der Waals surface area (Å²) in [5, 5.41) is 11.9. The molecule has 0 aliphatic heterocycles. The summed E-state index contributed by atoms with van der Waals surface area (Å²) in [6.45, 7) is 0.382. The van der Waals surface area contributed by atoms with Gasteiger partial charge in [-0.15, -0.1) is 0 Å². The number of aliphatic carboxylic acids is 1. The van der Waals surface area contributed by atoms with E-state index in [-0.39, 0.29) is 17.9 Å². The van der Waals surface area contributed by atoms with Gasteiger partial charge in [-0.2, -0.15) is 0 Å². The molecule has 0 bridgehead atoms. The predicted molar refractivity (Wildman–Crippen MR) is 78.4 cm³/mol. The van der Waals surface area contributed by atoms with Crippen LogP contribution in [0.1, 0.15) is 29.6 Å². The molecular weight excluding hydrogens is 272 g/mol. The SMILES string of the molecule is O=C(O)CCCCNC(=O)c1cc(=O)[nH]c2ccccc12. The summed E-state index contributed by atoms with van der Waals surface area (Å²) >= 11 is 0. The van der Waals surface area contributed by atoms with Gasteiger partial charge < -0.3 is 15.4 Å². The van der Waals surface area contributed by atoms with Crippen LogP contribution >= 0.6 is 0 Å². The molecular formula is C15H16N2O4. The molecule has 0 radical (unpaired) electrons. The first kappa shape index (κ1) is 14.8. The van der Waals surface area contributed by atoms with Gasteiger partial charge in [0.1, 0.15) is 0 Å². The summed E-state index contributed by atoms with van der Waals surface area (Å²) in [4.78, 5) is 36.7. The fraction of sp³-hybridized carbons (Fsp3) is 0.267. The lowest BCUT2D eigenvalue weighted by Gasteiger charge is -2.07. The van der Waals surface area contributed by atoms with Gasteiger partial charge in [0.25, 0.3) is 5.91 Å². The Bertz CT molecular complexity index is 721. The van der Waals surface area contributed by atoms with E-state index in [2.05, 4.69) is 10.3 Å². The van der Waals surface area contributed by atoms with Crippen molar-refractivity contribution in [3.63, 3.8) is 0 Å². The van der Waals surface area contributed by atoms with Crippen molar-refractivity contribution < 1.29 is 14.7 Å². The number of amides is 1. The Morgan fingerprint density at radius 3 is 2.71 bits per heavy atom. The average Bonchev–Trinajstić information content (AvgIpc) is 2.45. The van der Waals surface area contributed by atoms with Gasteiger partial charge in [-0.3, -0.25) is 14.4 Å². The maximum absolute atomic E-state index is 12.1. The molecule has 0 fully saturated rings. The number of nitrogens with one attached hydrogen (secondary N) is 2. The highest BCUT2D eigenvalue weighted by atomic mass is 16.4. The van der Waals surface area contributed by atoms with Gasteiger partial charge in [0, 0.05) is 29.9 Å². The molecule has 0 atom stereocenters. The monoisotopic (exact) mass is 288 g/mol. The Balaban J connectivity index is 2.06. The van der Waals surface area contributed by atoms with Crippen LogP contribution in [0.3, 0.4) is 0 Å². The van der Waals surface area contributed by atoms with Gasteiger partial charge in [0.2, 0.25) is 5.56 Å². The van der Waals surface area contributed by atoms with Crippen LogP contribution in [-0.2, 0) is 4.79 Å². The van der Waals surface area contributed by atoms with Crippen LogP contribution in [0.25, 0.3) is 10.9 Å². The summed E-state index contributed by atoms with van der Waals surface area (Å²) < 4.78 is 0. The molecule has 2 aromatic rings. The number of hydrogen-bond acceptors (Lipinski definition) is 3. The third kappa shape index (κ3) is 3.92. The maximum atomic E-state index is 12.1. The van der Waals surface area contributed by atoms with Crippen molar-refractivity contribution in [2.75, 3.05) is 6.54 Å². The molecule has 6 nitrogen and oxygen atoms in total. The number of carbonyl (C=O) groups is 2. The van der Waals surface area contributed by atoms with Crippen LogP contribution in [0.4, 0.5) is 0 Å². The first-order valence-corrected chi connectivity index (χ1v) is 6.70. The lowest BCUT2D eigenvalue weighted by Crippen LogP contribution is -2.26. The number of carboxylic acids is 1. The summed E-state index contributed by atoms with van der Waals surface area (Å²) in [7, 11) is 0. The van der Waals surface area contributed by atoms with E-state index in [1.807, 2.05) is 0 Å². The smallest absolute Gasteiger partial charge is 0.303 e. The van der Waals surface area contributed by atoms with Crippen molar-refractivity contribution in [3.05, 3.63) is 46.2 Å². The van der Waals surface area contributed by atoms with Crippen molar-refractivity contribution in [1.29, 1.82) is 0 Å². The van der Waals surface area contributed by atoms with E-state index in [1.54, 1.807) is 24.3 Å². The van der Waals surface area contributed by atoms with E-state index in [9.17, 15) is 14.4 Å². The minimum absolute atomic E-state index is 0.0871. The predicted octanol–water partition coefficient (Wildman–Crippen LogP) is 1.51. The number of hydrogen-bond donors (Lipinski definition) is 3. The lowest BCUT2D eigenvalue weighted by molar-refractivity contribution is -0.137. The Morgan fingerprint density at radius 2 is 1.95 bits per heavy atom. The quantitative estimate of drug-likeness (QED) is 0.701. The van der Waals surface area contributed by atoms with E-state index in [0.717, 1.165) is 0 Å². The normalized spacial score (nSPS) is 10.5. The minimum Gasteiger partial charge on any atom is -0.481 e. The molecule has 0 spiro atoms. The van der Waals surface area contributed by atoms with Crippen molar-refractivity contribution in [2.24, 2.45) is 0 Å². The number of rotatable bonds is 6. The van der Waals surface area contributed by atoms with E-state index in [4.69, 9.17) is 5.11 Å². The summed E-state index contributed by atoms with van der Waals surface area (Å²) in [5.41, 5.74) is 0.610. The number of para-hydroxylation sites is 1. The van der Waals surface area contributed by atoms with Crippen molar-refractivity contribution in [3.8, 4) is 0 Å². The Morgan fingerprint density at radius 1 is 1.19 bits per heavy atom. The van der Waals surface area contributed by atoms with Crippen LogP contribution in [0.15, 0.2) is 35.1 Å². The first-order valence-electron chi connectivity index (χ1n) is 6.70. The fourth-order valence-corrected chi connectivity index (χ4v) is 2.09. The van der Waals surface area contributed by atoms with E-state index >= 15 is 0 Å². The van der Waals surface area contributed by atoms with Gasteiger partial charge in [-0.05, 0) is 18.9 Å². The first-order chi connectivity index (χ1) is 10.1. The zero-order chi connectivity index (χ0) is 15.2. The molecule has 0 saturated carbocycles. The molecule has 1 amide bonds. The van der Waals surface area contributed by atoms with E-state index in [1.165, 1.54) is 6.07 Å². The Hall–Kier alpha value is -2.63. The van der Waals surface area contributed by atoms with Crippen molar-refractivity contribution in [1.82, 2.24) is 10.3 Å². The molecule has 1 heterocycles. The largest absolute Gasteiger partial charge is 0.481 e. The fourth-order valence-electron chi connectivity index (χ4n) is 2.09. The standard InChI is InChI=1S/C15H16N2O4/c18-13-9-11(10-5-1-2-6-12(10)17-13)15(21)16-8-4-3-7-14(19)20/h1-2,5-6,9H,3-4,7-8H2,(H,16,21)(H,17,18)(H,19,20). The minimum atomic E-state index is -0.845. The lowest BCUT2D eigenvalue weighted by atomic mass is 10.1. The zero-order valence-electron chi connectivity index (χ0n) is 11.4. The number of H-pyrrole nitrogens is 1. The van der Waals surface area contributed by atoms with Gasteiger partial charge in [-0.1, -0.05) is 18.2 Å². The van der Waals surface area contributed by atoms with Gasteiger partial charge in [0.05, 0.1) is 5.56 Å². The number of aromatic amines is 1. The number of aromatic nitrogens is 1. The summed E-state index contributed by atoms with van der Waals surface area (Å²) in [5.74, 6) is -1.17. The second kappa shape index (κ2) is 6.69. The number of pyridine rings is 1. The van der Waals surface area contributed by atoms with Gasteiger partial charge in [0.15, 0.2) is 0 Å². The maximum Gasteiger partial charge on any atom is 0.303 e. The Kier molecular flexibility index (Phi) is 4.71. The zero-order valence-corrected chi connectivity index (χ0v) is 11.4. The van der Waals surface area contributed by atoms with Crippen molar-refractivity contribution in [2.45, 2.75) is 19.3 Å². The summed E-state index contributed by atoms with van der Waals surface area (Å²) in [6, 6.07) is 8.36. The van der Waals surface area contributed by atoms with Crippen LogP contribution in [0, 0.1) is 0 Å². The molecule has 6 heteroatoms. The topological polar surface area (TPSA) is 99.3 Å². The number of carboxylic acid groups (broad SMARTS) is 1. The highest BCUT2D eigenvalue weighted by Crippen LogP contribution is 2.14. The molecule has 1 aromatic carbocycles. The molecule has 110 valence electrons. The highest BCUT2D eigenvalue weighted by molar-refractivity contribution is 6.05. The molecule has 21 heavy (non-hydrogen) atoms. The van der Waals surface area contributed by atoms with Crippen LogP contribution in [-0.4, -0.2) is 28.5 Å². The Labute approximate surface area is 120 Å². The van der Waals surface area contributed by atoms with E-state index in [0.29, 0.717) is 35.9 Å². The van der Waals surface area contributed by atoms with Crippen molar-refractivity contribution >= 4 is 22.8 Å². The third-order valence-corrected chi connectivity index (χ3v) is 3.10. The molecule has 2 rings (SSSR count). The second-order valence-electron chi connectivity index (χ2n) is 4.70. The average molecular weight is 288 g/mol. The number of carbonyl (C=O) groups excluding carboxylic acids is 1. The van der Waals surface area contributed by atoms with Crippen LogP contribution < -0.4 is 10.9 Å². The molecule has 1 aromatic heterocycles.